The molecule has 0 spiro atoms. The van der Waals surface area contributed by atoms with Crippen molar-refractivity contribution in [3.63, 3.8) is 0 Å². The summed E-state index contributed by atoms with van der Waals surface area (Å²) >= 11 is 5.53. The number of carbonyl (C=O) groups excluding carboxylic acids is 3. The van der Waals surface area contributed by atoms with E-state index in [-0.39, 0.29) is 22.6 Å². The van der Waals surface area contributed by atoms with Gasteiger partial charge in [0.15, 0.2) is 5.78 Å². The molecule has 0 saturated heterocycles. The van der Waals surface area contributed by atoms with Crippen LogP contribution in [0.1, 0.15) is 19.3 Å². The van der Waals surface area contributed by atoms with Crippen LogP contribution in [0.25, 0.3) is 0 Å². The second-order valence-electron chi connectivity index (χ2n) is 4.30. The first kappa shape index (κ1) is 12.8. The maximum atomic E-state index is 11.7. The molecule has 0 aromatic carbocycles. The second-order valence-corrected chi connectivity index (χ2v) is 4.70. The Morgan fingerprint density at radius 3 is 2.78 bits per heavy atom. The van der Waals surface area contributed by atoms with Gasteiger partial charge in [0.2, 0.25) is 11.7 Å². The summed E-state index contributed by atoms with van der Waals surface area (Å²) in [6.07, 6.45) is 8.38. The van der Waals surface area contributed by atoms with Crippen molar-refractivity contribution in [1.82, 2.24) is 5.32 Å². The third-order valence-electron chi connectivity index (χ3n) is 2.87. The van der Waals surface area contributed by atoms with E-state index >= 15 is 0 Å². The topological polar surface area (TPSA) is 63.2 Å². The van der Waals surface area contributed by atoms with Crippen molar-refractivity contribution in [2.45, 2.75) is 19.3 Å². The molecule has 5 heteroatoms. The lowest BCUT2D eigenvalue weighted by atomic mass is 10.0. The predicted molar refractivity (Wildman–Crippen MR) is 66.7 cm³/mol. The first-order valence-corrected chi connectivity index (χ1v) is 6.08. The molecule has 2 rings (SSSR count). The molecular weight excluding hydrogens is 254 g/mol. The Kier molecular flexibility index (Phi) is 3.77. The fourth-order valence-electron chi connectivity index (χ4n) is 1.94. The molecule has 1 atom stereocenters. The quantitative estimate of drug-likeness (QED) is 0.623. The van der Waals surface area contributed by atoms with Gasteiger partial charge in [-0.1, -0.05) is 23.8 Å². The van der Waals surface area contributed by atoms with Gasteiger partial charge in [-0.25, -0.2) is 0 Å². The summed E-state index contributed by atoms with van der Waals surface area (Å²) in [4.78, 5) is 34.5. The van der Waals surface area contributed by atoms with Crippen LogP contribution in [-0.2, 0) is 14.4 Å². The fraction of sp³-hybridized carbons (Fsp3) is 0.308. The summed E-state index contributed by atoms with van der Waals surface area (Å²) in [7, 11) is 0. The van der Waals surface area contributed by atoms with E-state index in [1.807, 2.05) is 12.2 Å². The standard InChI is InChI=1S/C13H12ClNO3/c14-9-6-12(17)10(7-11(9)16)15-13(18)5-8-3-1-2-4-8/h1,3,6-8H,2,4-5H2,(H,15,18). The molecule has 18 heavy (non-hydrogen) atoms. The van der Waals surface area contributed by atoms with Crippen molar-refractivity contribution in [3.05, 3.63) is 35.0 Å². The van der Waals surface area contributed by atoms with Crippen molar-refractivity contribution in [2.24, 2.45) is 5.92 Å². The van der Waals surface area contributed by atoms with E-state index in [0.717, 1.165) is 25.0 Å². The Hall–Kier alpha value is -1.68. The Labute approximate surface area is 109 Å². The number of amides is 1. The number of halogens is 1. The van der Waals surface area contributed by atoms with Crippen LogP contribution in [-0.4, -0.2) is 17.5 Å². The zero-order valence-electron chi connectivity index (χ0n) is 9.61. The molecule has 1 amide bonds. The van der Waals surface area contributed by atoms with Crippen molar-refractivity contribution in [2.75, 3.05) is 0 Å². The Morgan fingerprint density at radius 1 is 1.33 bits per heavy atom. The van der Waals surface area contributed by atoms with Crippen molar-refractivity contribution >= 4 is 29.1 Å². The van der Waals surface area contributed by atoms with Crippen LogP contribution in [0.15, 0.2) is 35.0 Å². The summed E-state index contributed by atoms with van der Waals surface area (Å²) in [6.45, 7) is 0. The molecule has 4 nitrogen and oxygen atoms in total. The van der Waals surface area contributed by atoms with Crippen molar-refractivity contribution < 1.29 is 14.4 Å². The van der Waals surface area contributed by atoms with E-state index < -0.39 is 11.6 Å². The molecule has 1 unspecified atom stereocenters. The van der Waals surface area contributed by atoms with Gasteiger partial charge in [0, 0.05) is 18.6 Å². The first-order chi connectivity index (χ1) is 8.56. The molecule has 0 heterocycles. The van der Waals surface area contributed by atoms with Crippen LogP contribution >= 0.6 is 11.6 Å². The van der Waals surface area contributed by atoms with Gasteiger partial charge in [-0.3, -0.25) is 14.4 Å². The molecule has 0 aromatic rings. The lowest BCUT2D eigenvalue weighted by Crippen LogP contribution is -2.30. The molecule has 0 aromatic heterocycles. The molecule has 0 aliphatic heterocycles. The zero-order chi connectivity index (χ0) is 13.1. The number of hydrogen-bond donors (Lipinski definition) is 1. The molecule has 0 fully saturated rings. The summed E-state index contributed by atoms with van der Waals surface area (Å²) in [5, 5.41) is 2.33. The molecule has 0 radical (unpaired) electrons. The monoisotopic (exact) mass is 265 g/mol. The maximum absolute atomic E-state index is 11.7. The highest BCUT2D eigenvalue weighted by Gasteiger charge is 2.21. The van der Waals surface area contributed by atoms with Gasteiger partial charge >= 0.3 is 0 Å². The van der Waals surface area contributed by atoms with Gasteiger partial charge in [0.1, 0.15) is 0 Å². The van der Waals surface area contributed by atoms with Crippen LogP contribution in [0.5, 0.6) is 0 Å². The lowest BCUT2D eigenvalue weighted by molar-refractivity contribution is -0.122. The summed E-state index contributed by atoms with van der Waals surface area (Å²) in [5.41, 5.74) is -0.00336. The predicted octanol–water partition coefficient (Wildman–Crippen LogP) is 1.62. The smallest absolute Gasteiger partial charge is 0.225 e. The first-order valence-electron chi connectivity index (χ1n) is 5.70. The number of hydrogen-bond acceptors (Lipinski definition) is 3. The van der Waals surface area contributed by atoms with Gasteiger partial charge in [0.25, 0.3) is 0 Å². The molecule has 2 aliphatic carbocycles. The lowest BCUT2D eigenvalue weighted by Gasteiger charge is -2.12. The average molecular weight is 266 g/mol. The number of rotatable bonds is 3. The van der Waals surface area contributed by atoms with E-state index in [9.17, 15) is 14.4 Å². The zero-order valence-corrected chi connectivity index (χ0v) is 10.4. The summed E-state index contributed by atoms with van der Waals surface area (Å²) < 4.78 is 0. The molecule has 94 valence electrons. The third-order valence-corrected chi connectivity index (χ3v) is 3.16. The number of ketones is 2. The minimum absolute atomic E-state index is 0.00336. The normalized spacial score (nSPS) is 22.8. The third kappa shape index (κ3) is 2.96. The van der Waals surface area contributed by atoms with Gasteiger partial charge in [-0.15, -0.1) is 0 Å². The SMILES string of the molecule is O=C(CC1C=CCC1)NC1=CC(=O)C(Cl)=CC1=O. The largest absolute Gasteiger partial charge is 0.323 e. The molecule has 2 aliphatic rings. The Morgan fingerprint density at radius 2 is 2.11 bits per heavy atom. The fourth-order valence-corrected chi connectivity index (χ4v) is 2.09. The van der Waals surface area contributed by atoms with Gasteiger partial charge in [-0.05, 0) is 18.8 Å². The van der Waals surface area contributed by atoms with Gasteiger partial charge in [0.05, 0.1) is 10.7 Å². The molecule has 0 saturated carbocycles. The van der Waals surface area contributed by atoms with E-state index in [2.05, 4.69) is 5.32 Å². The summed E-state index contributed by atoms with van der Waals surface area (Å²) in [6, 6.07) is 0. The summed E-state index contributed by atoms with van der Waals surface area (Å²) in [5.74, 6) is -0.952. The number of carbonyl (C=O) groups is 3. The van der Waals surface area contributed by atoms with Crippen LogP contribution in [0.4, 0.5) is 0 Å². The minimum atomic E-state index is -0.465. The maximum Gasteiger partial charge on any atom is 0.225 e. The van der Waals surface area contributed by atoms with E-state index in [1.54, 1.807) is 0 Å². The number of allylic oxidation sites excluding steroid dienone is 5. The molecule has 0 bridgehead atoms. The van der Waals surface area contributed by atoms with E-state index in [4.69, 9.17) is 11.6 Å². The highest BCUT2D eigenvalue weighted by molar-refractivity contribution is 6.47. The van der Waals surface area contributed by atoms with Crippen LogP contribution < -0.4 is 5.32 Å². The van der Waals surface area contributed by atoms with Crippen molar-refractivity contribution in [3.8, 4) is 0 Å². The highest BCUT2D eigenvalue weighted by Crippen LogP contribution is 2.20. The molecule has 1 N–H and O–H groups in total. The average Bonchev–Trinajstić information content (AvgIpc) is 2.78. The Bertz CT molecular complexity index is 502. The van der Waals surface area contributed by atoms with Crippen LogP contribution in [0, 0.1) is 5.92 Å². The number of nitrogens with one attached hydrogen (secondary N) is 1. The van der Waals surface area contributed by atoms with Crippen molar-refractivity contribution in [1.29, 1.82) is 0 Å². The Balaban J connectivity index is 1.95. The highest BCUT2D eigenvalue weighted by atomic mass is 35.5. The second kappa shape index (κ2) is 5.31. The van der Waals surface area contributed by atoms with Crippen LogP contribution in [0.2, 0.25) is 0 Å². The molecular formula is C13H12ClNO3. The van der Waals surface area contributed by atoms with Crippen LogP contribution in [0.3, 0.4) is 0 Å². The van der Waals surface area contributed by atoms with Gasteiger partial charge < -0.3 is 5.32 Å². The van der Waals surface area contributed by atoms with E-state index in [1.165, 1.54) is 0 Å². The van der Waals surface area contributed by atoms with E-state index in [0.29, 0.717) is 6.42 Å². The van der Waals surface area contributed by atoms with Gasteiger partial charge in [-0.2, -0.15) is 0 Å². The minimum Gasteiger partial charge on any atom is -0.323 e.